The van der Waals surface area contributed by atoms with E-state index in [2.05, 4.69) is 25.5 Å². The number of fused-ring (bicyclic) bond motifs is 1. The van der Waals surface area contributed by atoms with Crippen molar-refractivity contribution in [3.8, 4) is 11.3 Å². The normalized spacial score (nSPS) is 17.9. The fourth-order valence-electron chi connectivity index (χ4n) is 2.68. The van der Waals surface area contributed by atoms with Crippen LogP contribution in [0.15, 0.2) is 30.6 Å². The molecule has 0 unspecified atom stereocenters. The van der Waals surface area contributed by atoms with Crippen molar-refractivity contribution in [1.82, 2.24) is 20.2 Å². The lowest BCUT2D eigenvalue weighted by atomic mass is 10.1. The van der Waals surface area contributed by atoms with Crippen LogP contribution in [0.3, 0.4) is 0 Å². The summed E-state index contributed by atoms with van der Waals surface area (Å²) in [6, 6.07) is 5.97. The number of nitrogens with one attached hydrogen (secondary N) is 2. The molecule has 4 rings (SSSR count). The summed E-state index contributed by atoms with van der Waals surface area (Å²) in [5, 5.41) is 10.3. The van der Waals surface area contributed by atoms with Crippen LogP contribution in [0.2, 0.25) is 0 Å². The van der Waals surface area contributed by atoms with Crippen LogP contribution in [-0.4, -0.2) is 39.4 Å². The first kappa shape index (κ1) is 13.0. The second-order valence-electron chi connectivity index (χ2n) is 5.36. The third-order valence-electron chi connectivity index (χ3n) is 3.77. The van der Waals surface area contributed by atoms with E-state index in [0.717, 1.165) is 41.0 Å². The molecule has 1 aliphatic heterocycles. The van der Waals surface area contributed by atoms with Crippen LogP contribution in [0.1, 0.15) is 6.42 Å². The van der Waals surface area contributed by atoms with Gasteiger partial charge in [-0.1, -0.05) is 0 Å². The molecule has 4 heterocycles. The molecular formula is C15H16N6O. The van der Waals surface area contributed by atoms with E-state index in [9.17, 15) is 0 Å². The molecule has 4 N–H and O–H groups in total. The predicted molar refractivity (Wildman–Crippen MR) is 84.4 cm³/mol. The van der Waals surface area contributed by atoms with Gasteiger partial charge in [0.15, 0.2) is 0 Å². The van der Waals surface area contributed by atoms with Gasteiger partial charge in [-0.15, -0.1) is 0 Å². The van der Waals surface area contributed by atoms with Crippen LogP contribution in [0.25, 0.3) is 22.3 Å². The third kappa shape index (κ3) is 2.35. The Hall–Kier alpha value is -2.67. The summed E-state index contributed by atoms with van der Waals surface area (Å²) < 4.78 is 5.40. The molecule has 22 heavy (non-hydrogen) atoms. The predicted octanol–water partition coefficient (Wildman–Crippen LogP) is 1.80. The van der Waals surface area contributed by atoms with Crippen molar-refractivity contribution in [3.63, 3.8) is 0 Å². The molecule has 0 radical (unpaired) electrons. The summed E-state index contributed by atoms with van der Waals surface area (Å²) in [5.41, 5.74) is 10.2. The van der Waals surface area contributed by atoms with Crippen molar-refractivity contribution in [3.05, 3.63) is 30.6 Å². The first-order chi connectivity index (χ1) is 10.8. The van der Waals surface area contributed by atoms with Crippen molar-refractivity contribution in [2.75, 3.05) is 24.3 Å². The first-order valence-corrected chi connectivity index (χ1v) is 7.20. The van der Waals surface area contributed by atoms with E-state index in [1.54, 1.807) is 6.20 Å². The Labute approximate surface area is 126 Å². The van der Waals surface area contributed by atoms with Gasteiger partial charge in [0.2, 0.25) is 0 Å². The monoisotopic (exact) mass is 296 g/mol. The van der Waals surface area contributed by atoms with Gasteiger partial charge >= 0.3 is 0 Å². The number of pyridine rings is 2. The second kappa shape index (κ2) is 5.27. The molecule has 0 amide bonds. The van der Waals surface area contributed by atoms with Crippen molar-refractivity contribution in [1.29, 1.82) is 0 Å². The lowest BCUT2D eigenvalue weighted by Crippen LogP contribution is -2.19. The van der Waals surface area contributed by atoms with Gasteiger partial charge < -0.3 is 15.8 Å². The summed E-state index contributed by atoms with van der Waals surface area (Å²) in [6.45, 7) is 1.49. The van der Waals surface area contributed by atoms with E-state index in [1.807, 2.05) is 24.4 Å². The van der Waals surface area contributed by atoms with Gasteiger partial charge in [0.25, 0.3) is 0 Å². The number of nitrogen functional groups attached to an aromatic ring is 1. The van der Waals surface area contributed by atoms with Crippen molar-refractivity contribution < 1.29 is 4.74 Å². The summed E-state index contributed by atoms with van der Waals surface area (Å²) in [5.74, 6) is 0.470. The largest absolute Gasteiger partial charge is 0.384 e. The Morgan fingerprint density at radius 3 is 3.09 bits per heavy atom. The Morgan fingerprint density at radius 2 is 2.32 bits per heavy atom. The Morgan fingerprint density at radius 1 is 1.36 bits per heavy atom. The minimum Gasteiger partial charge on any atom is -0.384 e. The van der Waals surface area contributed by atoms with Crippen LogP contribution in [-0.2, 0) is 4.74 Å². The number of aromatic nitrogens is 4. The molecule has 7 nitrogen and oxygen atoms in total. The highest BCUT2D eigenvalue weighted by Gasteiger charge is 2.17. The molecule has 7 heteroatoms. The SMILES string of the molecule is Nc1cc(N[C@H]2CCOC2)c2ncc(-c3ccn[nH]3)cc2n1. The van der Waals surface area contributed by atoms with Crippen LogP contribution in [0.4, 0.5) is 11.5 Å². The van der Waals surface area contributed by atoms with Crippen molar-refractivity contribution in [2.45, 2.75) is 12.5 Å². The zero-order valence-corrected chi connectivity index (χ0v) is 11.9. The number of hydrogen-bond donors (Lipinski definition) is 3. The number of anilines is 2. The molecule has 0 aliphatic carbocycles. The van der Waals surface area contributed by atoms with Crippen molar-refractivity contribution in [2.24, 2.45) is 0 Å². The maximum absolute atomic E-state index is 5.94. The van der Waals surface area contributed by atoms with Crippen LogP contribution < -0.4 is 11.1 Å². The quantitative estimate of drug-likeness (QED) is 0.681. The van der Waals surface area contributed by atoms with Gasteiger partial charge in [-0.25, -0.2) is 4.98 Å². The zero-order valence-electron chi connectivity index (χ0n) is 11.9. The molecule has 0 spiro atoms. The third-order valence-corrected chi connectivity index (χ3v) is 3.77. The fourth-order valence-corrected chi connectivity index (χ4v) is 2.68. The molecule has 1 aliphatic rings. The minimum atomic E-state index is 0.291. The van der Waals surface area contributed by atoms with Gasteiger partial charge in [0.1, 0.15) is 11.3 Å². The number of nitrogens with two attached hydrogens (primary N) is 1. The Bertz CT molecular complexity index is 795. The molecule has 0 bridgehead atoms. The molecule has 1 atom stereocenters. The van der Waals surface area contributed by atoms with E-state index in [4.69, 9.17) is 10.5 Å². The number of nitrogens with zero attached hydrogens (tertiary/aromatic N) is 3. The summed E-state index contributed by atoms with van der Waals surface area (Å²) in [7, 11) is 0. The number of aromatic amines is 1. The van der Waals surface area contributed by atoms with E-state index in [-0.39, 0.29) is 0 Å². The van der Waals surface area contributed by atoms with Gasteiger partial charge in [-0.2, -0.15) is 5.10 Å². The lowest BCUT2D eigenvalue weighted by Gasteiger charge is -2.14. The standard InChI is InChI=1S/C15H16N6O/c16-14-6-13(19-10-2-4-22-8-10)15-12(20-14)5-9(7-17-15)11-1-3-18-21-11/h1,3,5-7,10H,2,4,8H2,(H,18,21)(H3,16,19,20)/t10-/m0/s1. The lowest BCUT2D eigenvalue weighted by molar-refractivity contribution is 0.195. The highest BCUT2D eigenvalue weighted by molar-refractivity contribution is 5.91. The maximum Gasteiger partial charge on any atom is 0.126 e. The summed E-state index contributed by atoms with van der Waals surface area (Å²) >= 11 is 0. The highest BCUT2D eigenvalue weighted by Crippen LogP contribution is 2.27. The highest BCUT2D eigenvalue weighted by atomic mass is 16.5. The number of ether oxygens (including phenoxy) is 1. The topological polar surface area (TPSA) is 102 Å². The van der Waals surface area contributed by atoms with Gasteiger partial charge in [-0.05, 0) is 18.6 Å². The Balaban J connectivity index is 1.77. The number of rotatable bonds is 3. The maximum atomic E-state index is 5.94. The molecule has 3 aromatic heterocycles. The summed E-state index contributed by atoms with van der Waals surface area (Å²) in [4.78, 5) is 8.94. The molecule has 1 saturated heterocycles. The van der Waals surface area contributed by atoms with E-state index in [0.29, 0.717) is 18.5 Å². The van der Waals surface area contributed by atoms with Gasteiger partial charge in [0, 0.05) is 30.6 Å². The average molecular weight is 296 g/mol. The minimum absolute atomic E-state index is 0.291. The Kier molecular flexibility index (Phi) is 3.12. The summed E-state index contributed by atoms with van der Waals surface area (Å²) in [6.07, 6.45) is 4.50. The second-order valence-corrected chi connectivity index (χ2v) is 5.36. The molecule has 0 aromatic carbocycles. The molecule has 112 valence electrons. The van der Waals surface area contributed by atoms with Gasteiger partial charge in [-0.3, -0.25) is 10.1 Å². The van der Waals surface area contributed by atoms with Crippen LogP contribution >= 0.6 is 0 Å². The number of H-pyrrole nitrogens is 1. The smallest absolute Gasteiger partial charge is 0.126 e. The molecule has 0 saturated carbocycles. The number of hydrogen-bond acceptors (Lipinski definition) is 6. The first-order valence-electron chi connectivity index (χ1n) is 7.20. The van der Waals surface area contributed by atoms with E-state index < -0.39 is 0 Å². The van der Waals surface area contributed by atoms with E-state index in [1.165, 1.54) is 0 Å². The molecular weight excluding hydrogens is 280 g/mol. The average Bonchev–Trinajstić information content (AvgIpc) is 3.20. The van der Waals surface area contributed by atoms with Crippen LogP contribution in [0, 0.1) is 0 Å². The van der Waals surface area contributed by atoms with Crippen LogP contribution in [0.5, 0.6) is 0 Å². The van der Waals surface area contributed by atoms with Crippen molar-refractivity contribution >= 4 is 22.5 Å². The molecule has 3 aromatic rings. The zero-order chi connectivity index (χ0) is 14.9. The molecule has 1 fully saturated rings. The van der Waals surface area contributed by atoms with Gasteiger partial charge in [0.05, 0.1) is 29.5 Å². The fraction of sp³-hybridized carbons (Fsp3) is 0.267. The van der Waals surface area contributed by atoms with E-state index >= 15 is 0 Å².